The Balaban J connectivity index is 1.56. The number of carbonyl (C=O) groups excluding carboxylic acids is 2. The summed E-state index contributed by atoms with van der Waals surface area (Å²) >= 11 is 0. The number of benzene rings is 2. The number of hydrogen-bond acceptors (Lipinski definition) is 5. The smallest absolute Gasteiger partial charge is 0.343 e. The van der Waals surface area contributed by atoms with E-state index in [9.17, 15) is 9.59 Å². The molecule has 0 atom stereocenters. The molecule has 0 bridgehead atoms. The van der Waals surface area contributed by atoms with E-state index in [1.165, 1.54) is 0 Å². The van der Waals surface area contributed by atoms with Gasteiger partial charge in [-0.1, -0.05) is 44.0 Å². The van der Waals surface area contributed by atoms with Crippen molar-refractivity contribution < 1.29 is 23.8 Å². The molecule has 5 nitrogen and oxygen atoms in total. The Bertz CT molecular complexity index is 781. The highest BCUT2D eigenvalue weighted by Gasteiger charge is 2.08. The first kappa shape index (κ1) is 22.2. The van der Waals surface area contributed by atoms with Gasteiger partial charge in [-0.2, -0.15) is 0 Å². The molecule has 29 heavy (non-hydrogen) atoms. The van der Waals surface area contributed by atoms with E-state index in [1.807, 2.05) is 18.2 Å². The molecule has 0 saturated carbocycles. The molecule has 2 rings (SSSR count). The number of ether oxygens (including phenoxy) is 3. The first-order valence-corrected chi connectivity index (χ1v) is 9.89. The van der Waals surface area contributed by atoms with Crippen molar-refractivity contribution in [3.63, 3.8) is 0 Å². The summed E-state index contributed by atoms with van der Waals surface area (Å²) in [5, 5.41) is 0. The molecular weight excluding hydrogens is 368 g/mol. The molecular formula is C24H28O5. The molecule has 0 spiro atoms. The maximum absolute atomic E-state index is 12.1. The van der Waals surface area contributed by atoms with Crippen LogP contribution in [-0.2, 0) is 9.53 Å². The molecule has 0 heterocycles. The SMILES string of the molecule is C=C(C)C(=O)OCCCCCCCOc1ccc(C(=O)Oc2ccccc2)cc1. The average molecular weight is 396 g/mol. The van der Waals surface area contributed by atoms with Gasteiger partial charge in [0.2, 0.25) is 0 Å². The Morgan fingerprint density at radius 2 is 1.41 bits per heavy atom. The van der Waals surface area contributed by atoms with Crippen LogP contribution in [0.2, 0.25) is 0 Å². The van der Waals surface area contributed by atoms with Crippen molar-refractivity contribution in [1.29, 1.82) is 0 Å². The number of hydrogen-bond donors (Lipinski definition) is 0. The van der Waals surface area contributed by atoms with Gasteiger partial charge in [0.1, 0.15) is 11.5 Å². The highest BCUT2D eigenvalue weighted by molar-refractivity contribution is 5.91. The second-order valence-electron chi connectivity index (χ2n) is 6.76. The first-order valence-electron chi connectivity index (χ1n) is 9.89. The van der Waals surface area contributed by atoms with Crippen molar-refractivity contribution in [3.8, 4) is 11.5 Å². The highest BCUT2D eigenvalue weighted by Crippen LogP contribution is 2.16. The molecule has 2 aromatic rings. The lowest BCUT2D eigenvalue weighted by Gasteiger charge is -2.08. The van der Waals surface area contributed by atoms with Crippen molar-refractivity contribution in [2.45, 2.75) is 39.0 Å². The maximum atomic E-state index is 12.1. The van der Waals surface area contributed by atoms with Gasteiger partial charge in [0.05, 0.1) is 18.8 Å². The number of unbranched alkanes of at least 4 members (excludes halogenated alkanes) is 4. The topological polar surface area (TPSA) is 61.8 Å². The van der Waals surface area contributed by atoms with Gasteiger partial charge in [0.15, 0.2) is 0 Å². The second-order valence-corrected chi connectivity index (χ2v) is 6.76. The van der Waals surface area contributed by atoms with E-state index in [0.29, 0.717) is 30.1 Å². The minimum absolute atomic E-state index is 0.322. The molecule has 0 fully saturated rings. The van der Waals surface area contributed by atoms with Gasteiger partial charge in [-0.15, -0.1) is 0 Å². The third-order valence-electron chi connectivity index (χ3n) is 4.18. The Kier molecular flexibility index (Phi) is 9.49. The Labute approximate surface area is 172 Å². The van der Waals surface area contributed by atoms with Gasteiger partial charge in [0, 0.05) is 5.57 Å². The van der Waals surface area contributed by atoms with Gasteiger partial charge < -0.3 is 14.2 Å². The van der Waals surface area contributed by atoms with Gasteiger partial charge in [0.25, 0.3) is 0 Å². The lowest BCUT2D eigenvalue weighted by Crippen LogP contribution is -2.08. The zero-order chi connectivity index (χ0) is 20.9. The molecule has 2 aromatic carbocycles. The zero-order valence-corrected chi connectivity index (χ0v) is 16.9. The quantitative estimate of drug-likeness (QED) is 0.209. The Morgan fingerprint density at radius 3 is 2.07 bits per heavy atom. The molecule has 0 unspecified atom stereocenters. The summed E-state index contributed by atoms with van der Waals surface area (Å²) in [5.74, 6) is 0.536. The van der Waals surface area contributed by atoms with Crippen LogP contribution >= 0.6 is 0 Å². The minimum Gasteiger partial charge on any atom is -0.494 e. The minimum atomic E-state index is -0.392. The van der Waals surface area contributed by atoms with E-state index in [4.69, 9.17) is 14.2 Å². The molecule has 0 aromatic heterocycles. The van der Waals surface area contributed by atoms with Gasteiger partial charge >= 0.3 is 11.9 Å². The highest BCUT2D eigenvalue weighted by atomic mass is 16.5. The fraction of sp³-hybridized carbons (Fsp3) is 0.333. The molecule has 0 amide bonds. The molecule has 0 aliphatic heterocycles. The third kappa shape index (κ3) is 8.64. The lowest BCUT2D eigenvalue weighted by molar-refractivity contribution is -0.139. The van der Waals surface area contributed by atoms with Crippen LogP contribution in [0.4, 0.5) is 0 Å². The van der Waals surface area contributed by atoms with E-state index < -0.39 is 5.97 Å². The molecule has 0 radical (unpaired) electrons. The normalized spacial score (nSPS) is 10.2. The Hall–Kier alpha value is -3.08. The number of para-hydroxylation sites is 1. The van der Waals surface area contributed by atoms with Crippen molar-refractivity contribution in [2.75, 3.05) is 13.2 Å². The predicted octanol–water partition coefficient (Wildman–Crippen LogP) is 5.35. The standard InChI is InChI=1S/C24H28O5/c1-19(2)23(25)28-18-10-5-3-4-9-17-27-21-15-13-20(14-16-21)24(26)29-22-11-7-6-8-12-22/h6-8,11-16H,1,3-5,9-10,17-18H2,2H3. The molecule has 0 aliphatic carbocycles. The van der Waals surface area contributed by atoms with Crippen molar-refractivity contribution in [3.05, 3.63) is 72.3 Å². The number of carbonyl (C=O) groups is 2. The monoisotopic (exact) mass is 396 g/mol. The van der Waals surface area contributed by atoms with E-state index in [0.717, 1.165) is 37.9 Å². The summed E-state index contributed by atoms with van der Waals surface area (Å²) < 4.78 is 16.1. The van der Waals surface area contributed by atoms with Crippen LogP contribution in [0.25, 0.3) is 0 Å². The first-order chi connectivity index (χ1) is 14.1. The van der Waals surface area contributed by atoms with Crippen LogP contribution in [-0.4, -0.2) is 25.2 Å². The number of rotatable bonds is 12. The predicted molar refractivity (Wildman–Crippen MR) is 112 cm³/mol. The summed E-state index contributed by atoms with van der Waals surface area (Å²) in [4.78, 5) is 23.3. The summed E-state index contributed by atoms with van der Waals surface area (Å²) in [5.41, 5.74) is 0.914. The molecule has 0 saturated heterocycles. The van der Waals surface area contributed by atoms with Gasteiger partial charge in [-0.3, -0.25) is 0 Å². The molecule has 154 valence electrons. The number of esters is 2. The summed E-state index contributed by atoms with van der Waals surface area (Å²) in [6, 6.07) is 15.9. The maximum Gasteiger partial charge on any atom is 0.343 e. The van der Waals surface area contributed by atoms with E-state index in [-0.39, 0.29) is 5.97 Å². The zero-order valence-electron chi connectivity index (χ0n) is 16.9. The van der Waals surface area contributed by atoms with Crippen molar-refractivity contribution in [1.82, 2.24) is 0 Å². The molecule has 0 aliphatic rings. The van der Waals surface area contributed by atoms with Crippen LogP contribution in [0.3, 0.4) is 0 Å². The lowest BCUT2D eigenvalue weighted by atomic mass is 10.1. The fourth-order valence-corrected chi connectivity index (χ4v) is 2.55. The Morgan fingerprint density at radius 1 is 0.793 bits per heavy atom. The van der Waals surface area contributed by atoms with E-state index in [1.54, 1.807) is 43.3 Å². The van der Waals surface area contributed by atoms with Crippen LogP contribution < -0.4 is 9.47 Å². The van der Waals surface area contributed by atoms with Gasteiger partial charge in [-0.25, -0.2) is 9.59 Å². The summed E-state index contributed by atoms with van der Waals surface area (Å²) in [6.45, 7) is 6.26. The fourth-order valence-electron chi connectivity index (χ4n) is 2.55. The summed E-state index contributed by atoms with van der Waals surface area (Å²) in [7, 11) is 0. The average Bonchev–Trinajstić information content (AvgIpc) is 2.73. The van der Waals surface area contributed by atoms with E-state index in [2.05, 4.69) is 6.58 Å². The van der Waals surface area contributed by atoms with Crippen LogP contribution in [0, 0.1) is 0 Å². The van der Waals surface area contributed by atoms with Crippen LogP contribution in [0.15, 0.2) is 66.7 Å². The summed E-state index contributed by atoms with van der Waals surface area (Å²) in [6.07, 6.45) is 4.94. The van der Waals surface area contributed by atoms with Crippen LogP contribution in [0.1, 0.15) is 49.4 Å². The van der Waals surface area contributed by atoms with Crippen molar-refractivity contribution in [2.24, 2.45) is 0 Å². The largest absolute Gasteiger partial charge is 0.494 e. The molecule has 0 N–H and O–H groups in total. The van der Waals surface area contributed by atoms with Crippen molar-refractivity contribution >= 4 is 11.9 Å². The molecule has 5 heteroatoms. The van der Waals surface area contributed by atoms with Gasteiger partial charge in [-0.05, 0) is 56.2 Å². The van der Waals surface area contributed by atoms with Crippen LogP contribution in [0.5, 0.6) is 11.5 Å². The second kappa shape index (κ2) is 12.4. The van der Waals surface area contributed by atoms with E-state index >= 15 is 0 Å². The third-order valence-corrected chi connectivity index (χ3v) is 4.18.